The van der Waals surface area contributed by atoms with E-state index < -0.39 is 6.09 Å². The molecule has 0 saturated carbocycles. The summed E-state index contributed by atoms with van der Waals surface area (Å²) in [4.78, 5) is 15.4. The van der Waals surface area contributed by atoms with Crippen molar-refractivity contribution < 1.29 is 9.53 Å². The Balaban J connectivity index is 1.72. The monoisotopic (exact) mass is 370 g/mol. The average molecular weight is 371 g/mol. The molecule has 1 N–H and O–H groups in total. The van der Waals surface area contributed by atoms with Crippen LogP contribution in [0.4, 0.5) is 10.5 Å². The topological polar surface area (TPSA) is 50.7 Å². The molecule has 2 rings (SSSR count). The number of isothiocyanates is 1. The van der Waals surface area contributed by atoms with Crippen molar-refractivity contribution in [2.24, 2.45) is 4.99 Å². The fourth-order valence-electron chi connectivity index (χ4n) is 1.89. The number of halogens is 1. The lowest BCUT2D eigenvalue weighted by molar-refractivity contribution is 0.140. The van der Waals surface area contributed by atoms with Gasteiger partial charge in [-0.2, -0.15) is 4.99 Å². The van der Waals surface area contributed by atoms with Gasteiger partial charge >= 0.3 is 6.09 Å². The Morgan fingerprint density at radius 1 is 1.24 bits per heavy atom. The fourth-order valence-corrected chi connectivity index (χ4v) is 2.21. The third-order valence-electron chi connectivity index (χ3n) is 3.08. The maximum Gasteiger partial charge on any atom is 0.407 e. The van der Waals surface area contributed by atoms with Crippen LogP contribution in [0.3, 0.4) is 0 Å². The minimum atomic E-state index is -0.462. The highest BCUT2D eigenvalue weighted by atomic mass is 35.5. The molecule has 0 aliphatic carbocycles. The summed E-state index contributed by atoms with van der Waals surface area (Å²) >= 11 is 10.6. The minimum Gasteiger partial charge on any atom is -0.445 e. The molecule has 1 amide bonds. The van der Waals surface area contributed by atoms with Crippen molar-refractivity contribution in [3.05, 3.63) is 64.7 Å². The van der Waals surface area contributed by atoms with Crippen LogP contribution in [0.1, 0.15) is 17.5 Å². The summed E-state index contributed by atoms with van der Waals surface area (Å²) in [7, 11) is 0. The number of hydrogen-bond acceptors (Lipinski definition) is 4. The van der Waals surface area contributed by atoms with Gasteiger partial charge < -0.3 is 10.1 Å². The molecule has 0 aliphatic heterocycles. The SMILES string of the molecule is O=C(NCCC#Cc1ccc(N=C=S)c(Cl)c1)OCc1ccccc1. The predicted molar refractivity (Wildman–Crippen MR) is 102 cm³/mol. The molecule has 0 aliphatic rings. The molecule has 2 aromatic rings. The number of nitrogens with one attached hydrogen (secondary N) is 1. The molecule has 0 spiro atoms. The molecule has 0 radical (unpaired) electrons. The van der Waals surface area contributed by atoms with Crippen molar-refractivity contribution in [1.29, 1.82) is 0 Å². The second-order valence-corrected chi connectivity index (χ2v) is 5.50. The third-order valence-corrected chi connectivity index (χ3v) is 3.47. The van der Waals surface area contributed by atoms with Gasteiger partial charge in [0.15, 0.2) is 0 Å². The molecular formula is C19H15ClN2O2S. The number of rotatable bonds is 5. The van der Waals surface area contributed by atoms with E-state index in [1.807, 2.05) is 30.3 Å². The number of amides is 1. The van der Waals surface area contributed by atoms with Gasteiger partial charge in [-0.15, -0.1) is 0 Å². The van der Waals surface area contributed by atoms with Crippen molar-refractivity contribution in [2.75, 3.05) is 6.54 Å². The molecule has 0 heterocycles. The summed E-state index contributed by atoms with van der Waals surface area (Å²) in [6.45, 7) is 0.648. The van der Waals surface area contributed by atoms with Crippen molar-refractivity contribution in [3.8, 4) is 11.8 Å². The van der Waals surface area contributed by atoms with Crippen molar-refractivity contribution in [3.63, 3.8) is 0 Å². The van der Waals surface area contributed by atoms with Crippen LogP contribution in [-0.2, 0) is 11.3 Å². The number of ether oxygens (including phenoxy) is 1. The quantitative estimate of drug-likeness (QED) is 0.358. The largest absolute Gasteiger partial charge is 0.445 e. The second-order valence-electron chi connectivity index (χ2n) is 4.91. The minimum absolute atomic E-state index is 0.243. The maximum absolute atomic E-state index is 11.6. The van der Waals surface area contributed by atoms with E-state index >= 15 is 0 Å². The first-order valence-electron chi connectivity index (χ1n) is 7.50. The Hall–Kier alpha value is -2.64. The summed E-state index contributed by atoms with van der Waals surface area (Å²) in [5, 5.41) is 5.39. The lowest BCUT2D eigenvalue weighted by Crippen LogP contribution is -2.24. The number of hydrogen-bond donors (Lipinski definition) is 1. The fraction of sp³-hybridized carbons (Fsp3) is 0.158. The number of nitrogens with zero attached hydrogens (tertiary/aromatic N) is 1. The Labute approximate surface area is 156 Å². The van der Waals surface area contributed by atoms with Gasteiger partial charge in [0.05, 0.1) is 15.9 Å². The van der Waals surface area contributed by atoms with Crippen LogP contribution in [-0.4, -0.2) is 17.8 Å². The van der Waals surface area contributed by atoms with Crippen LogP contribution < -0.4 is 5.32 Å². The Morgan fingerprint density at radius 3 is 2.76 bits per heavy atom. The van der Waals surface area contributed by atoms with Gasteiger partial charge in [-0.3, -0.25) is 0 Å². The summed E-state index contributed by atoms with van der Waals surface area (Å²) < 4.78 is 5.10. The van der Waals surface area contributed by atoms with E-state index in [0.717, 1.165) is 11.1 Å². The van der Waals surface area contributed by atoms with Gasteiger partial charge in [0.25, 0.3) is 0 Å². The third kappa shape index (κ3) is 6.78. The number of benzene rings is 2. The van der Waals surface area contributed by atoms with E-state index in [0.29, 0.717) is 23.7 Å². The van der Waals surface area contributed by atoms with E-state index in [4.69, 9.17) is 16.3 Å². The van der Waals surface area contributed by atoms with Crippen LogP contribution >= 0.6 is 23.8 Å². The van der Waals surface area contributed by atoms with E-state index in [1.54, 1.807) is 18.2 Å². The van der Waals surface area contributed by atoms with E-state index in [9.17, 15) is 4.79 Å². The van der Waals surface area contributed by atoms with Crippen LogP contribution in [0.2, 0.25) is 5.02 Å². The van der Waals surface area contributed by atoms with Crippen molar-refractivity contribution in [2.45, 2.75) is 13.0 Å². The molecule has 0 atom stereocenters. The highest BCUT2D eigenvalue weighted by Gasteiger charge is 2.01. The van der Waals surface area contributed by atoms with E-state index in [2.05, 4.69) is 39.5 Å². The lowest BCUT2D eigenvalue weighted by Gasteiger charge is -2.05. The van der Waals surface area contributed by atoms with Crippen LogP contribution in [0.25, 0.3) is 0 Å². The molecule has 2 aromatic carbocycles. The average Bonchev–Trinajstić information content (AvgIpc) is 2.63. The summed E-state index contributed by atoms with van der Waals surface area (Å²) in [5.41, 5.74) is 2.26. The van der Waals surface area contributed by atoms with E-state index in [-0.39, 0.29) is 6.61 Å². The first kappa shape index (κ1) is 18.7. The number of carbonyl (C=O) groups excluding carboxylic acids is 1. The normalized spacial score (nSPS) is 9.32. The molecule has 126 valence electrons. The zero-order valence-corrected chi connectivity index (χ0v) is 14.9. The first-order chi connectivity index (χ1) is 12.2. The Kier molecular flexibility index (Phi) is 7.68. The molecular weight excluding hydrogens is 356 g/mol. The summed E-state index contributed by atoms with van der Waals surface area (Å²) in [6, 6.07) is 14.7. The molecule has 6 heteroatoms. The van der Waals surface area contributed by atoms with Crippen molar-refractivity contribution in [1.82, 2.24) is 5.32 Å². The zero-order valence-electron chi connectivity index (χ0n) is 13.3. The number of alkyl carbamates (subject to hydrolysis) is 1. The molecule has 0 fully saturated rings. The number of thiocarbonyl (C=S) groups is 1. The van der Waals surface area contributed by atoms with Crippen LogP contribution in [0, 0.1) is 11.8 Å². The maximum atomic E-state index is 11.6. The van der Waals surface area contributed by atoms with Gasteiger partial charge in [0.2, 0.25) is 0 Å². The number of carbonyl (C=O) groups is 1. The zero-order chi connectivity index (χ0) is 17.9. The molecule has 4 nitrogen and oxygen atoms in total. The predicted octanol–water partition coefficient (Wildman–Crippen LogP) is 4.74. The Bertz CT molecular complexity index is 837. The lowest BCUT2D eigenvalue weighted by atomic mass is 10.2. The summed E-state index contributed by atoms with van der Waals surface area (Å²) in [5.74, 6) is 5.94. The summed E-state index contributed by atoms with van der Waals surface area (Å²) in [6.07, 6.45) is 0.0359. The first-order valence-corrected chi connectivity index (χ1v) is 8.28. The van der Waals surface area contributed by atoms with Crippen LogP contribution in [0.5, 0.6) is 0 Å². The van der Waals surface area contributed by atoms with Gasteiger partial charge in [-0.05, 0) is 36.0 Å². The van der Waals surface area contributed by atoms with Gasteiger partial charge in [-0.25, -0.2) is 4.79 Å². The highest BCUT2D eigenvalue weighted by Crippen LogP contribution is 2.24. The number of aliphatic imine (C=N–C) groups is 1. The molecule has 0 unspecified atom stereocenters. The van der Waals surface area contributed by atoms with Gasteiger partial charge in [-0.1, -0.05) is 53.8 Å². The highest BCUT2D eigenvalue weighted by molar-refractivity contribution is 7.78. The molecule has 0 bridgehead atoms. The standard InChI is InChI=1S/C19H15ClN2O2S/c20-17-12-15(9-10-18(17)22-14-25)6-4-5-11-21-19(23)24-13-16-7-2-1-3-8-16/h1-3,7-10,12H,5,11,13H2,(H,21,23). The molecule has 25 heavy (non-hydrogen) atoms. The van der Waals surface area contributed by atoms with E-state index in [1.165, 1.54) is 0 Å². The smallest absolute Gasteiger partial charge is 0.407 e. The second kappa shape index (κ2) is 10.3. The van der Waals surface area contributed by atoms with Gasteiger partial charge in [0.1, 0.15) is 6.61 Å². The van der Waals surface area contributed by atoms with Crippen LogP contribution in [0.15, 0.2) is 53.5 Å². The van der Waals surface area contributed by atoms with Gasteiger partial charge in [0, 0.05) is 18.5 Å². The molecule has 0 saturated heterocycles. The Morgan fingerprint density at radius 2 is 2.04 bits per heavy atom. The van der Waals surface area contributed by atoms with Crippen molar-refractivity contribution >= 4 is 40.8 Å². The molecule has 0 aromatic heterocycles.